The van der Waals surface area contributed by atoms with Crippen molar-refractivity contribution in [3.8, 4) is 0 Å². The van der Waals surface area contributed by atoms with Gasteiger partial charge in [-0.15, -0.1) is 0 Å². The van der Waals surface area contributed by atoms with Gasteiger partial charge in [-0.25, -0.2) is 0 Å². The number of nitrogens with two attached hydrogens (primary N) is 1. The van der Waals surface area contributed by atoms with Crippen LogP contribution in [0.15, 0.2) is 48.8 Å². The van der Waals surface area contributed by atoms with E-state index in [-0.39, 0.29) is 11.9 Å². The molecule has 0 saturated heterocycles. The fourth-order valence-corrected chi connectivity index (χ4v) is 2.21. The Bertz CT molecular complexity index is 596. The van der Waals surface area contributed by atoms with Gasteiger partial charge in [-0.3, -0.25) is 9.78 Å². The van der Waals surface area contributed by atoms with E-state index in [1.165, 1.54) is 0 Å². The molecule has 2 rings (SSSR count). The molecule has 1 aromatic heterocycles. The number of pyridine rings is 1. The smallest absolute Gasteiger partial charge is 0.227 e. The Kier molecular flexibility index (Phi) is 4.93. The highest BCUT2D eigenvalue weighted by molar-refractivity contribution is 5.80. The quantitative estimate of drug-likeness (QED) is 0.858. The molecule has 0 spiro atoms. The van der Waals surface area contributed by atoms with Crippen LogP contribution in [0.5, 0.6) is 0 Å². The van der Waals surface area contributed by atoms with Gasteiger partial charge < -0.3 is 10.6 Å². The Morgan fingerprint density at radius 3 is 2.62 bits per heavy atom. The fraction of sp³-hybridized carbons (Fsp3) is 0.294. The zero-order valence-electron chi connectivity index (χ0n) is 12.5. The van der Waals surface area contributed by atoms with Crippen molar-refractivity contribution in [3.05, 3.63) is 59.9 Å². The molecule has 0 aliphatic heterocycles. The monoisotopic (exact) mass is 283 g/mol. The van der Waals surface area contributed by atoms with Crippen LogP contribution < -0.4 is 5.73 Å². The van der Waals surface area contributed by atoms with Gasteiger partial charge in [0.2, 0.25) is 5.91 Å². The zero-order valence-corrected chi connectivity index (χ0v) is 12.5. The fourth-order valence-electron chi connectivity index (χ4n) is 2.21. The van der Waals surface area contributed by atoms with Gasteiger partial charge in [-0.1, -0.05) is 24.3 Å². The van der Waals surface area contributed by atoms with E-state index < -0.39 is 0 Å². The molecule has 0 saturated carbocycles. The van der Waals surface area contributed by atoms with Crippen molar-refractivity contribution in [1.29, 1.82) is 0 Å². The number of nitrogen functional groups attached to an aromatic ring is 1. The zero-order chi connectivity index (χ0) is 15.2. The molecular weight excluding hydrogens is 262 g/mol. The summed E-state index contributed by atoms with van der Waals surface area (Å²) in [6, 6.07) is 11.5. The Balaban J connectivity index is 2.11. The summed E-state index contributed by atoms with van der Waals surface area (Å²) in [5.41, 5.74) is 8.48. The van der Waals surface area contributed by atoms with E-state index in [0.29, 0.717) is 18.7 Å². The van der Waals surface area contributed by atoms with E-state index in [2.05, 4.69) is 4.98 Å². The molecule has 1 amide bonds. The summed E-state index contributed by atoms with van der Waals surface area (Å²) in [7, 11) is 0. The molecule has 0 aliphatic carbocycles. The number of benzene rings is 1. The molecule has 110 valence electrons. The first-order valence-electron chi connectivity index (χ1n) is 7.09. The number of nitrogens with zero attached hydrogens (tertiary/aromatic N) is 2. The summed E-state index contributed by atoms with van der Waals surface area (Å²) in [5.74, 6) is 0.0757. The molecule has 0 atom stereocenters. The van der Waals surface area contributed by atoms with E-state index in [1.54, 1.807) is 12.4 Å². The van der Waals surface area contributed by atoms with Crippen molar-refractivity contribution in [2.24, 2.45) is 0 Å². The number of anilines is 1. The molecule has 4 nitrogen and oxygen atoms in total. The Labute approximate surface area is 125 Å². The normalized spacial score (nSPS) is 10.6. The molecule has 4 heteroatoms. The van der Waals surface area contributed by atoms with Gasteiger partial charge in [0.1, 0.15) is 0 Å². The maximum Gasteiger partial charge on any atom is 0.227 e. The molecular formula is C17H21N3O. The van der Waals surface area contributed by atoms with Crippen LogP contribution in [0.25, 0.3) is 0 Å². The largest absolute Gasteiger partial charge is 0.398 e. The average Bonchev–Trinajstić information content (AvgIpc) is 2.48. The second kappa shape index (κ2) is 6.88. The summed E-state index contributed by atoms with van der Waals surface area (Å²) >= 11 is 0. The van der Waals surface area contributed by atoms with E-state index in [9.17, 15) is 4.79 Å². The number of para-hydroxylation sites is 1. The van der Waals surface area contributed by atoms with Crippen molar-refractivity contribution in [2.45, 2.75) is 32.9 Å². The van der Waals surface area contributed by atoms with Crippen molar-refractivity contribution in [1.82, 2.24) is 9.88 Å². The maximum absolute atomic E-state index is 12.6. The van der Waals surface area contributed by atoms with Gasteiger partial charge in [0.05, 0.1) is 6.42 Å². The number of rotatable bonds is 5. The van der Waals surface area contributed by atoms with Gasteiger partial charge in [-0.2, -0.15) is 0 Å². The van der Waals surface area contributed by atoms with Crippen molar-refractivity contribution < 1.29 is 4.79 Å². The molecule has 2 aromatic rings. The van der Waals surface area contributed by atoms with Crippen LogP contribution in [0.4, 0.5) is 5.69 Å². The van der Waals surface area contributed by atoms with Crippen LogP contribution in [-0.2, 0) is 17.8 Å². The van der Waals surface area contributed by atoms with E-state index in [0.717, 1.165) is 11.1 Å². The number of aromatic nitrogens is 1. The van der Waals surface area contributed by atoms with Crippen LogP contribution in [0.3, 0.4) is 0 Å². The van der Waals surface area contributed by atoms with Gasteiger partial charge in [0.25, 0.3) is 0 Å². The molecule has 0 aliphatic rings. The lowest BCUT2D eigenvalue weighted by Gasteiger charge is -2.27. The summed E-state index contributed by atoms with van der Waals surface area (Å²) in [6.45, 7) is 4.60. The number of hydrogen-bond donors (Lipinski definition) is 1. The van der Waals surface area contributed by atoms with Crippen LogP contribution in [-0.4, -0.2) is 21.8 Å². The first kappa shape index (κ1) is 15.0. The minimum atomic E-state index is 0.0757. The average molecular weight is 283 g/mol. The number of amides is 1. The third-order valence-electron chi connectivity index (χ3n) is 3.42. The van der Waals surface area contributed by atoms with Crippen LogP contribution in [0, 0.1) is 0 Å². The number of hydrogen-bond acceptors (Lipinski definition) is 3. The van der Waals surface area contributed by atoms with Gasteiger partial charge in [0, 0.05) is 30.7 Å². The van der Waals surface area contributed by atoms with Gasteiger partial charge in [0.15, 0.2) is 0 Å². The minimum Gasteiger partial charge on any atom is -0.398 e. The molecule has 1 heterocycles. The molecule has 0 radical (unpaired) electrons. The molecule has 0 fully saturated rings. The van der Waals surface area contributed by atoms with Crippen molar-refractivity contribution in [2.75, 3.05) is 5.73 Å². The van der Waals surface area contributed by atoms with Gasteiger partial charge >= 0.3 is 0 Å². The topological polar surface area (TPSA) is 59.2 Å². The molecule has 0 bridgehead atoms. The van der Waals surface area contributed by atoms with E-state index >= 15 is 0 Å². The first-order chi connectivity index (χ1) is 10.1. The predicted octanol–water partition coefficient (Wildman–Crippen LogP) is 2.64. The summed E-state index contributed by atoms with van der Waals surface area (Å²) in [5, 5.41) is 0. The lowest BCUT2D eigenvalue weighted by atomic mass is 10.1. The standard InChI is InChI=1S/C17H21N3O/c1-13(2)20(12-14-6-5-9-19-11-14)17(21)10-15-7-3-4-8-16(15)18/h3-9,11,13H,10,12,18H2,1-2H3. The number of carbonyl (C=O) groups excluding carboxylic acids is 1. The first-order valence-corrected chi connectivity index (χ1v) is 7.09. The van der Waals surface area contributed by atoms with Gasteiger partial charge in [-0.05, 0) is 37.1 Å². The predicted molar refractivity (Wildman–Crippen MR) is 84.5 cm³/mol. The second-order valence-electron chi connectivity index (χ2n) is 5.35. The maximum atomic E-state index is 12.6. The molecule has 2 N–H and O–H groups in total. The summed E-state index contributed by atoms with van der Waals surface area (Å²) in [6.07, 6.45) is 3.85. The van der Waals surface area contributed by atoms with Crippen LogP contribution in [0.2, 0.25) is 0 Å². The highest BCUT2D eigenvalue weighted by atomic mass is 16.2. The molecule has 1 aromatic carbocycles. The second-order valence-corrected chi connectivity index (χ2v) is 5.35. The molecule has 0 unspecified atom stereocenters. The summed E-state index contributed by atoms with van der Waals surface area (Å²) < 4.78 is 0. The van der Waals surface area contributed by atoms with E-state index in [4.69, 9.17) is 5.73 Å². The third kappa shape index (κ3) is 4.05. The van der Waals surface area contributed by atoms with Crippen molar-refractivity contribution >= 4 is 11.6 Å². The lowest BCUT2D eigenvalue weighted by Crippen LogP contribution is -2.37. The van der Waals surface area contributed by atoms with Crippen molar-refractivity contribution in [3.63, 3.8) is 0 Å². The highest BCUT2D eigenvalue weighted by Gasteiger charge is 2.18. The highest BCUT2D eigenvalue weighted by Crippen LogP contribution is 2.15. The minimum absolute atomic E-state index is 0.0757. The Morgan fingerprint density at radius 1 is 1.24 bits per heavy atom. The third-order valence-corrected chi connectivity index (χ3v) is 3.42. The summed E-state index contributed by atoms with van der Waals surface area (Å²) in [4.78, 5) is 18.5. The number of carbonyl (C=O) groups is 1. The Morgan fingerprint density at radius 2 is 2.00 bits per heavy atom. The Hall–Kier alpha value is -2.36. The molecule has 21 heavy (non-hydrogen) atoms. The van der Waals surface area contributed by atoms with Crippen LogP contribution >= 0.6 is 0 Å². The van der Waals surface area contributed by atoms with Crippen LogP contribution in [0.1, 0.15) is 25.0 Å². The van der Waals surface area contributed by atoms with E-state index in [1.807, 2.05) is 55.1 Å². The SMILES string of the molecule is CC(C)N(Cc1cccnc1)C(=O)Cc1ccccc1N. The lowest BCUT2D eigenvalue weighted by molar-refractivity contribution is -0.132.